The number of rotatable bonds is 3. The molecule has 1 saturated heterocycles. The number of nitrogen functional groups attached to an aromatic ring is 1. The zero-order chi connectivity index (χ0) is 14.0. The predicted octanol–water partition coefficient (Wildman–Crippen LogP) is 0.510. The van der Waals surface area contributed by atoms with Gasteiger partial charge in [-0.05, 0) is 18.8 Å². The first-order chi connectivity index (χ1) is 9.08. The predicted molar refractivity (Wildman–Crippen MR) is 74.0 cm³/mol. The molecule has 1 aliphatic heterocycles. The molecule has 102 valence electrons. The highest BCUT2D eigenvalue weighted by atomic mass is 32.1. The number of hydrogen-bond donors (Lipinski definition) is 3. The molecular weight excluding hydrogens is 264 g/mol. The Morgan fingerprint density at radius 3 is 2.95 bits per heavy atom. The van der Waals surface area contributed by atoms with Crippen LogP contribution in [0.4, 0.5) is 10.7 Å². The molecule has 1 unspecified atom stereocenters. The number of carbonyl (C=O) groups excluding carboxylic acids is 1. The van der Waals surface area contributed by atoms with Crippen molar-refractivity contribution in [3.63, 3.8) is 0 Å². The average molecular weight is 280 g/mol. The van der Waals surface area contributed by atoms with E-state index in [0.717, 1.165) is 19.4 Å². The summed E-state index contributed by atoms with van der Waals surface area (Å²) in [5, 5.41) is 18.9. The summed E-state index contributed by atoms with van der Waals surface area (Å²) in [6.45, 7) is 1.55. The summed E-state index contributed by atoms with van der Waals surface area (Å²) in [7, 11) is 0. The lowest BCUT2D eigenvalue weighted by molar-refractivity contribution is 0.100. The smallest absolute Gasteiger partial charge is 0.253 e. The van der Waals surface area contributed by atoms with Crippen LogP contribution >= 0.6 is 11.3 Å². The van der Waals surface area contributed by atoms with Crippen LogP contribution in [0.1, 0.15) is 28.1 Å². The second kappa shape index (κ2) is 5.47. The molecule has 0 bridgehead atoms. The van der Waals surface area contributed by atoms with Crippen molar-refractivity contribution in [3.05, 3.63) is 10.4 Å². The monoisotopic (exact) mass is 280 g/mol. The van der Waals surface area contributed by atoms with Crippen molar-refractivity contribution >= 4 is 27.9 Å². The second-order valence-corrected chi connectivity index (χ2v) is 5.64. The number of anilines is 2. The molecule has 6 nitrogen and oxygen atoms in total. The third-order valence-electron chi connectivity index (χ3n) is 3.34. The lowest BCUT2D eigenvalue weighted by Gasteiger charge is -2.33. The van der Waals surface area contributed by atoms with Crippen LogP contribution in [0.15, 0.2) is 0 Å². The SMILES string of the molecule is N#Cc1sc(N2CCCC(CO)C2)c(C(N)=O)c1N. The molecule has 1 atom stereocenters. The van der Waals surface area contributed by atoms with Crippen molar-refractivity contribution in [2.24, 2.45) is 11.7 Å². The van der Waals surface area contributed by atoms with Gasteiger partial charge in [-0.3, -0.25) is 4.79 Å². The molecule has 0 radical (unpaired) electrons. The van der Waals surface area contributed by atoms with E-state index in [1.807, 2.05) is 11.0 Å². The van der Waals surface area contributed by atoms with Crippen molar-refractivity contribution in [3.8, 4) is 6.07 Å². The van der Waals surface area contributed by atoms with E-state index >= 15 is 0 Å². The third kappa shape index (κ3) is 2.50. The van der Waals surface area contributed by atoms with Crippen LogP contribution < -0.4 is 16.4 Å². The molecule has 0 aliphatic carbocycles. The molecule has 1 aromatic rings. The molecule has 2 heterocycles. The average Bonchev–Trinajstić information content (AvgIpc) is 2.76. The molecule has 0 aromatic carbocycles. The van der Waals surface area contributed by atoms with Gasteiger partial charge in [0.05, 0.1) is 11.3 Å². The molecule has 19 heavy (non-hydrogen) atoms. The minimum Gasteiger partial charge on any atom is -0.396 e. The molecule has 0 spiro atoms. The number of nitrogens with zero attached hydrogens (tertiary/aromatic N) is 2. The van der Waals surface area contributed by atoms with Crippen LogP contribution in [0.2, 0.25) is 0 Å². The van der Waals surface area contributed by atoms with Crippen LogP contribution in [0.3, 0.4) is 0 Å². The number of aliphatic hydroxyl groups is 1. The summed E-state index contributed by atoms with van der Waals surface area (Å²) < 4.78 is 0. The fourth-order valence-corrected chi connectivity index (χ4v) is 3.43. The van der Waals surface area contributed by atoms with E-state index < -0.39 is 5.91 Å². The Bertz CT molecular complexity index is 535. The van der Waals surface area contributed by atoms with Crippen LogP contribution in [0.25, 0.3) is 0 Å². The fourth-order valence-electron chi connectivity index (χ4n) is 2.37. The third-order valence-corrected chi connectivity index (χ3v) is 4.51. The van der Waals surface area contributed by atoms with Gasteiger partial charge in [0.1, 0.15) is 15.9 Å². The van der Waals surface area contributed by atoms with E-state index in [0.29, 0.717) is 16.4 Å². The first kappa shape index (κ1) is 13.6. The van der Waals surface area contributed by atoms with Gasteiger partial charge < -0.3 is 21.5 Å². The highest BCUT2D eigenvalue weighted by Gasteiger charge is 2.27. The van der Waals surface area contributed by atoms with E-state index in [9.17, 15) is 9.90 Å². The number of aliphatic hydroxyl groups excluding tert-OH is 1. The number of hydrogen-bond acceptors (Lipinski definition) is 6. The summed E-state index contributed by atoms with van der Waals surface area (Å²) in [6, 6.07) is 1.98. The van der Waals surface area contributed by atoms with E-state index in [1.165, 1.54) is 11.3 Å². The van der Waals surface area contributed by atoms with E-state index in [4.69, 9.17) is 16.7 Å². The van der Waals surface area contributed by atoms with Crippen molar-refractivity contribution in [2.45, 2.75) is 12.8 Å². The number of amides is 1. The van der Waals surface area contributed by atoms with Crippen molar-refractivity contribution in [1.82, 2.24) is 0 Å². The van der Waals surface area contributed by atoms with Crippen LogP contribution in [0, 0.1) is 17.2 Å². The summed E-state index contributed by atoms with van der Waals surface area (Å²) >= 11 is 1.19. The van der Waals surface area contributed by atoms with E-state index in [-0.39, 0.29) is 23.8 Å². The summed E-state index contributed by atoms with van der Waals surface area (Å²) in [6.07, 6.45) is 1.90. The number of primary amides is 1. The lowest BCUT2D eigenvalue weighted by atomic mass is 9.99. The summed E-state index contributed by atoms with van der Waals surface area (Å²) in [5.74, 6) is -0.431. The van der Waals surface area contributed by atoms with Gasteiger partial charge in [-0.2, -0.15) is 5.26 Å². The van der Waals surface area contributed by atoms with Gasteiger partial charge >= 0.3 is 0 Å². The molecule has 0 saturated carbocycles. The second-order valence-electron chi connectivity index (χ2n) is 4.64. The number of carbonyl (C=O) groups is 1. The summed E-state index contributed by atoms with van der Waals surface area (Å²) in [4.78, 5) is 13.8. The van der Waals surface area contributed by atoms with Gasteiger partial charge in [0.2, 0.25) is 0 Å². The highest BCUT2D eigenvalue weighted by Crippen LogP contribution is 2.39. The van der Waals surface area contributed by atoms with Gasteiger partial charge in [0, 0.05) is 19.7 Å². The van der Waals surface area contributed by atoms with Gasteiger partial charge in [-0.25, -0.2) is 0 Å². The Morgan fingerprint density at radius 1 is 1.63 bits per heavy atom. The maximum atomic E-state index is 11.5. The normalized spacial score (nSPS) is 19.2. The number of nitrogens with two attached hydrogens (primary N) is 2. The molecule has 1 amide bonds. The maximum Gasteiger partial charge on any atom is 0.253 e. The van der Waals surface area contributed by atoms with Crippen molar-refractivity contribution in [2.75, 3.05) is 30.3 Å². The Labute approximate surface area is 115 Å². The number of piperidine rings is 1. The maximum absolute atomic E-state index is 11.5. The first-order valence-electron chi connectivity index (χ1n) is 6.06. The topological polar surface area (TPSA) is 116 Å². The quantitative estimate of drug-likeness (QED) is 0.746. The number of thiophene rings is 1. The minimum atomic E-state index is -0.614. The molecule has 5 N–H and O–H groups in total. The van der Waals surface area contributed by atoms with Crippen molar-refractivity contribution < 1.29 is 9.90 Å². The van der Waals surface area contributed by atoms with E-state index in [2.05, 4.69) is 0 Å². The molecule has 7 heteroatoms. The minimum absolute atomic E-state index is 0.119. The van der Waals surface area contributed by atoms with Gasteiger partial charge in [0.15, 0.2) is 0 Å². The number of nitriles is 1. The zero-order valence-corrected chi connectivity index (χ0v) is 11.2. The largest absolute Gasteiger partial charge is 0.396 e. The highest BCUT2D eigenvalue weighted by molar-refractivity contribution is 7.17. The lowest BCUT2D eigenvalue weighted by Crippen LogP contribution is -2.37. The van der Waals surface area contributed by atoms with Gasteiger partial charge in [-0.1, -0.05) is 0 Å². The Balaban J connectivity index is 2.39. The van der Waals surface area contributed by atoms with Gasteiger partial charge in [-0.15, -0.1) is 11.3 Å². The summed E-state index contributed by atoms with van der Waals surface area (Å²) in [5.41, 5.74) is 11.6. The molecule has 1 aromatic heterocycles. The van der Waals surface area contributed by atoms with Crippen LogP contribution in [-0.4, -0.2) is 30.7 Å². The molecular formula is C12H16N4O2S. The molecule has 1 aliphatic rings. The van der Waals surface area contributed by atoms with Crippen LogP contribution in [0.5, 0.6) is 0 Å². The standard InChI is InChI=1S/C12H16N4O2S/c13-4-8-10(14)9(11(15)18)12(19-8)16-3-1-2-7(5-16)6-17/h7,17H,1-3,5-6,14H2,(H2,15,18). The molecule has 1 fully saturated rings. The Morgan fingerprint density at radius 2 is 2.37 bits per heavy atom. The Kier molecular flexibility index (Phi) is 3.93. The molecule has 2 rings (SSSR count). The first-order valence-corrected chi connectivity index (χ1v) is 6.88. The van der Waals surface area contributed by atoms with Crippen molar-refractivity contribution in [1.29, 1.82) is 5.26 Å². The zero-order valence-electron chi connectivity index (χ0n) is 10.4. The van der Waals surface area contributed by atoms with E-state index in [1.54, 1.807) is 0 Å². The van der Waals surface area contributed by atoms with Gasteiger partial charge in [0.25, 0.3) is 5.91 Å². The van der Waals surface area contributed by atoms with Crippen LogP contribution in [-0.2, 0) is 0 Å². The Hall–Kier alpha value is -1.78. The fraction of sp³-hybridized carbons (Fsp3) is 0.500.